The first kappa shape index (κ1) is 21.5. The molecule has 0 aliphatic rings. The molecule has 0 aliphatic carbocycles. The Morgan fingerprint density at radius 1 is 0.700 bits per heavy atom. The molecule has 5 nitrogen and oxygen atoms in total. The van der Waals surface area contributed by atoms with E-state index >= 15 is 0 Å². The lowest BCUT2D eigenvalue weighted by atomic mass is 10.9. The van der Waals surface area contributed by atoms with E-state index in [1.165, 1.54) is 0 Å². The van der Waals surface area contributed by atoms with Gasteiger partial charge in [-0.15, -0.1) is 0 Å². The second kappa shape index (κ2) is 18.5. The molecular formula is C10H23O5PS4. The summed E-state index contributed by atoms with van der Waals surface area (Å²) in [6, 6.07) is 0. The zero-order valence-corrected chi connectivity index (χ0v) is 16.1. The van der Waals surface area contributed by atoms with Crippen molar-refractivity contribution >= 4 is 51.4 Å². The molecule has 0 heterocycles. The number of hydrogen-bond acceptors (Lipinski definition) is 9. The highest BCUT2D eigenvalue weighted by Crippen LogP contribution is 2.27. The maximum atomic E-state index is 11.4. The van der Waals surface area contributed by atoms with E-state index in [2.05, 4.69) is 0 Å². The first-order chi connectivity index (χ1) is 9.81. The zero-order valence-electron chi connectivity index (χ0n) is 11.8. The zero-order chi connectivity index (χ0) is 14.9. The summed E-state index contributed by atoms with van der Waals surface area (Å²) in [5.41, 5.74) is 0. The van der Waals surface area contributed by atoms with Gasteiger partial charge in [0.25, 0.3) is 0 Å². The van der Waals surface area contributed by atoms with Crippen molar-refractivity contribution in [2.45, 2.75) is 0 Å². The van der Waals surface area contributed by atoms with Crippen LogP contribution in [0.25, 0.3) is 0 Å². The van der Waals surface area contributed by atoms with Gasteiger partial charge in [0.15, 0.2) is 0 Å². The standard InChI is InChI=1S/C10H23O5PS4/c1-12-3-7-17-19-9-5-14-16(11)15-6-10-20-18-8-4-13-2/h16H,3-10H2,1-2H3. The van der Waals surface area contributed by atoms with Crippen LogP contribution in [0.15, 0.2) is 0 Å². The topological polar surface area (TPSA) is 54.0 Å². The normalized spacial score (nSPS) is 11.3. The van der Waals surface area contributed by atoms with Crippen LogP contribution in [0.1, 0.15) is 0 Å². The van der Waals surface area contributed by atoms with Crippen molar-refractivity contribution in [1.82, 2.24) is 0 Å². The van der Waals surface area contributed by atoms with Gasteiger partial charge in [0.2, 0.25) is 0 Å². The third-order valence-corrected chi connectivity index (χ3v) is 7.23. The fraction of sp³-hybridized carbons (Fsp3) is 1.00. The molecule has 0 rings (SSSR count). The minimum Gasteiger partial charge on any atom is -0.384 e. The van der Waals surface area contributed by atoms with E-state index in [0.29, 0.717) is 13.2 Å². The SMILES string of the molecule is COCCSSCCO[PH](=O)OCCSSCCOC. The molecule has 0 aromatic heterocycles. The van der Waals surface area contributed by atoms with Gasteiger partial charge in [-0.3, -0.25) is 4.57 Å². The van der Waals surface area contributed by atoms with Crippen molar-refractivity contribution in [3.05, 3.63) is 0 Å². The Hall–Kier alpha value is 1.47. The van der Waals surface area contributed by atoms with Crippen LogP contribution >= 0.6 is 51.4 Å². The summed E-state index contributed by atoms with van der Waals surface area (Å²) in [4.78, 5) is 0. The summed E-state index contributed by atoms with van der Waals surface area (Å²) in [7, 11) is 7.87. The van der Waals surface area contributed by atoms with Crippen molar-refractivity contribution in [3.8, 4) is 0 Å². The number of rotatable bonds is 16. The van der Waals surface area contributed by atoms with Gasteiger partial charge < -0.3 is 18.5 Å². The third-order valence-electron chi connectivity index (χ3n) is 1.68. The Balaban J connectivity index is 3.13. The molecule has 0 amide bonds. The molecule has 0 radical (unpaired) electrons. The van der Waals surface area contributed by atoms with E-state index in [4.69, 9.17) is 18.5 Å². The number of methoxy groups -OCH3 is 2. The molecular weight excluding hydrogens is 359 g/mol. The molecule has 0 atom stereocenters. The van der Waals surface area contributed by atoms with E-state index in [9.17, 15) is 4.57 Å². The second-order valence-corrected chi connectivity index (χ2v) is 9.70. The molecule has 0 aliphatic heterocycles. The molecule has 10 heteroatoms. The predicted octanol–water partition coefficient (Wildman–Crippen LogP) is 3.46. The van der Waals surface area contributed by atoms with Crippen molar-refractivity contribution < 1.29 is 23.1 Å². The second-order valence-electron chi connectivity index (χ2n) is 3.22. The van der Waals surface area contributed by atoms with Crippen LogP contribution in [0, 0.1) is 0 Å². The van der Waals surface area contributed by atoms with Crippen LogP contribution in [-0.4, -0.2) is 63.7 Å². The van der Waals surface area contributed by atoms with E-state index in [0.717, 1.165) is 36.2 Å². The van der Waals surface area contributed by atoms with Crippen LogP contribution in [0.3, 0.4) is 0 Å². The average molecular weight is 383 g/mol. The average Bonchev–Trinajstić information content (AvgIpc) is 2.45. The van der Waals surface area contributed by atoms with Gasteiger partial charge in [0, 0.05) is 37.2 Å². The van der Waals surface area contributed by atoms with Gasteiger partial charge in [-0.05, 0) is 0 Å². The molecule has 0 saturated heterocycles. The van der Waals surface area contributed by atoms with Crippen LogP contribution in [0.2, 0.25) is 0 Å². The van der Waals surface area contributed by atoms with Gasteiger partial charge in [-0.2, -0.15) is 0 Å². The molecule has 20 heavy (non-hydrogen) atoms. The quantitative estimate of drug-likeness (QED) is 0.227. The van der Waals surface area contributed by atoms with Crippen molar-refractivity contribution in [1.29, 1.82) is 0 Å². The largest absolute Gasteiger partial charge is 0.384 e. The Bertz CT molecular complexity index is 206. The smallest absolute Gasteiger partial charge is 0.319 e. The van der Waals surface area contributed by atoms with Gasteiger partial charge >= 0.3 is 8.25 Å². The predicted molar refractivity (Wildman–Crippen MR) is 94.5 cm³/mol. The lowest BCUT2D eigenvalue weighted by Gasteiger charge is -2.05. The molecule has 0 N–H and O–H groups in total. The van der Waals surface area contributed by atoms with Gasteiger partial charge in [-0.25, -0.2) is 0 Å². The van der Waals surface area contributed by atoms with Gasteiger partial charge in [0.05, 0.1) is 26.4 Å². The number of hydrogen-bond donors (Lipinski definition) is 0. The first-order valence-electron chi connectivity index (χ1n) is 6.07. The molecule has 0 spiro atoms. The van der Waals surface area contributed by atoms with Crippen molar-refractivity contribution in [2.24, 2.45) is 0 Å². The highest BCUT2D eigenvalue weighted by Gasteiger charge is 2.00. The van der Waals surface area contributed by atoms with Crippen molar-refractivity contribution in [3.63, 3.8) is 0 Å². The van der Waals surface area contributed by atoms with Crippen LogP contribution in [-0.2, 0) is 23.1 Å². The third kappa shape index (κ3) is 17.5. The Kier molecular flexibility index (Phi) is 19.9. The van der Waals surface area contributed by atoms with Gasteiger partial charge in [0.1, 0.15) is 0 Å². The molecule has 122 valence electrons. The van der Waals surface area contributed by atoms with E-state index in [-0.39, 0.29) is 0 Å². The lowest BCUT2D eigenvalue weighted by Crippen LogP contribution is -1.95. The van der Waals surface area contributed by atoms with Crippen LogP contribution in [0.4, 0.5) is 0 Å². The fourth-order valence-corrected chi connectivity index (χ4v) is 5.22. The van der Waals surface area contributed by atoms with E-state index in [1.54, 1.807) is 57.4 Å². The van der Waals surface area contributed by atoms with E-state index < -0.39 is 8.25 Å². The summed E-state index contributed by atoms with van der Waals surface area (Å²) < 4.78 is 31.5. The molecule has 0 unspecified atom stereocenters. The van der Waals surface area contributed by atoms with Crippen LogP contribution < -0.4 is 0 Å². The minimum absolute atomic E-state index is 0.457. The number of ether oxygens (including phenoxy) is 2. The van der Waals surface area contributed by atoms with Crippen molar-refractivity contribution in [2.75, 3.05) is 63.7 Å². The summed E-state index contributed by atoms with van der Waals surface area (Å²) in [5, 5.41) is 0. The summed E-state index contributed by atoms with van der Waals surface area (Å²) >= 11 is 0. The molecule has 0 aromatic carbocycles. The summed E-state index contributed by atoms with van der Waals surface area (Å²) in [5.74, 6) is 3.50. The maximum Gasteiger partial charge on any atom is 0.319 e. The fourth-order valence-electron chi connectivity index (χ4n) is 0.830. The summed E-state index contributed by atoms with van der Waals surface area (Å²) in [6.07, 6.45) is 0. The molecule has 0 aromatic rings. The highest BCUT2D eigenvalue weighted by atomic mass is 33.1. The van der Waals surface area contributed by atoms with E-state index in [1.807, 2.05) is 0 Å². The van der Waals surface area contributed by atoms with Gasteiger partial charge in [-0.1, -0.05) is 43.2 Å². The maximum absolute atomic E-state index is 11.4. The minimum atomic E-state index is -2.33. The molecule has 0 bridgehead atoms. The lowest BCUT2D eigenvalue weighted by molar-refractivity contribution is 0.219. The Morgan fingerprint density at radius 3 is 1.40 bits per heavy atom. The summed E-state index contributed by atoms with van der Waals surface area (Å²) in [6.45, 7) is 2.41. The highest BCUT2D eigenvalue weighted by molar-refractivity contribution is 8.77. The molecule has 0 saturated carbocycles. The Labute approximate surface area is 138 Å². The Morgan fingerprint density at radius 2 is 1.05 bits per heavy atom. The first-order valence-corrected chi connectivity index (χ1v) is 12.3. The monoisotopic (exact) mass is 382 g/mol. The molecule has 0 fully saturated rings. The van der Waals surface area contributed by atoms with Crippen LogP contribution in [0.5, 0.6) is 0 Å².